The third-order valence-electron chi connectivity index (χ3n) is 7.04. The highest BCUT2D eigenvalue weighted by Crippen LogP contribution is 2.52. The first kappa shape index (κ1) is 20.9. The first-order valence-corrected chi connectivity index (χ1v) is 12.4. The van der Waals surface area contributed by atoms with Crippen molar-refractivity contribution in [3.63, 3.8) is 0 Å². The van der Waals surface area contributed by atoms with Crippen LogP contribution in [0.5, 0.6) is 0 Å². The minimum atomic E-state index is -3.56. The smallest absolute Gasteiger partial charge is 0.254 e. The molecule has 1 aromatic carbocycles. The van der Waals surface area contributed by atoms with E-state index in [2.05, 4.69) is 20.8 Å². The molecule has 1 aromatic rings. The molecule has 2 bridgehead atoms. The summed E-state index contributed by atoms with van der Waals surface area (Å²) in [6, 6.07) is 5.46. The van der Waals surface area contributed by atoms with Crippen LogP contribution in [-0.2, 0) is 10.0 Å². The van der Waals surface area contributed by atoms with Gasteiger partial charge in [0.25, 0.3) is 5.91 Å². The fourth-order valence-electron chi connectivity index (χ4n) is 6.12. The summed E-state index contributed by atoms with van der Waals surface area (Å²) in [4.78, 5) is 15.7. The summed E-state index contributed by atoms with van der Waals surface area (Å²) in [5.41, 5.74) is 1.61. The van der Waals surface area contributed by atoms with E-state index in [1.165, 1.54) is 0 Å². The van der Waals surface area contributed by atoms with Gasteiger partial charge in [-0.05, 0) is 67.6 Å². The number of aryl methyl sites for hydroxylation is 1. The second kappa shape index (κ2) is 7.09. The standard InChI is InChI=1S/C23H34N2O3S/c1-17-8-9-18(12-20(17)29(27,28)24-10-6-5-7-11-24)21(26)25-16-23(4)14-19(25)13-22(2,3)15-23/h8-9,12,19H,5-7,10-11,13-16H2,1-4H3/t19-,23-/m1/s1. The summed E-state index contributed by atoms with van der Waals surface area (Å²) in [5, 5.41) is 0. The molecular weight excluding hydrogens is 384 g/mol. The Kier molecular flexibility index (Phi) is 5.10. The molecule has 2 atom stereocenters. The Hall–Kier alpha value is -1.40. The Bertz CT molecular complexity index is 918. The number of carbonyl (C=O) groups excluding carboxylic acids is 1. The van der Waals surface area contributed by atoms with Crippen molar-refractivity contribution in [2.75, 3.05) is 19.6 Å². The third-order valence-corrected chi connectivity index (χ3v) is 9.08. The maximum Gasteiger partial charge on any atom is 0.254 e. The van der Waals surface area contributed by atoms with E-state index in [9.17, 15) is 13.2 Å². The van der Waals surface area contributed by atoms with E-state index in [-0.39, 0.29) is 22.8 Å². The normalized spacial score (nSPS) is 29.8. The molecule has 0 spiro atoms. The Morgan fingerprint density at radius 1 is 1.07 bits per heavy atom. The largest absolute Gasteiger partial charge is 0.335 e. The number of sulfonamides is 1. The zero-order chi connectivity index (χ0) is 21.0. The summed E-state index contributed by atoms with van der Waals surface area (Å²) >= 11 is 0. The van der Waals surface area contributed by atoms with Crippen LogP contribution in [0.1, 0.15) is 75.2 Å². The monoisotopic (exact) mass is 418 g/mol. The molecule has 2 heterocycles. The van der Waals surface area contributed by atoms with Gasteiger partial charge >= 0.3 is 0 Å². The lowest BCUT2D eigenvalue weighted by molar-refractivity contribution is 0.0708. The molecule has 3 fully saturated rings. The summed E-state index contributed by atoms with van der Waals surface area (Å²) in [5.74, 6) is -0.0217. The van der Waals surface area contributed by atoms with Gasteiger partial charge in [-0.25, -0.2) is 8.42 Å². The van der Waals surface area contributed by atoms with Gasteiger partial charge in [-0.15, -0.1) is 0 Å². The number of carbonyl (C=O) groups is 1. The van der Waals surface area contributed by atoms with Gasteiger partial charge in [0.1, 0.15) is 0 Å². The van der Waals surface area contributed by atoms with Gasteiger partial charge in [0, 0.05) is 31.2 Å². The molecule has 1 amide bonds. The third kappa shape index (κ3) is 3.86. The van der Waals surface area contributed by atoms with Crippen LogP contribution in [-0.4, -0.2) is 49.2 Å². The lowest BCUT2D eigenvalue weighted by atomic mass is 9.65. The number of piperidine rings is 1. The van der Waals surface area contributed by atoms with E-state index in [0.717, 1.165) is 45.1 Å². The molecule has 0 radical (unpaired) electrons. The maximum atomic E-state index is 13.4. The maximum absolute atomic E-state index is 13.4. The van der Waals surface area contributed by atoms with Gasteiger partial charge in [0.2, 0.25) is 10.0 Å². The molecule has 2 saturated heterocycles. The van der Waals surface area contributed by atoms with Gasteiger partial charge in [-0.2, -0.15) is 4.31 Å². The van der Waals surface area contributed by atoms with Crippen LogP contribution in [0.2, 0.25) is 0 Å². The number of fused-ring (bicyclic) bond motifs is 2. The summed E-state index contributed by atoms with van der Waals surface area (Å²) in [6.07, 6.45) is 6.07. The van der Waals surface area contributed by atoms with Gasteiger partial charge in [0.15, 0.2) is 0 Å². The van der Waals surface area contributed by atoms with Gasteiger partial charge in [-0.1, -0.05) is 33.3 Å². The highest BCUT2D eigenvalue weighted by atomic mass is 32.2. The van der Waals surface area contributed by atoms with Crippen LogP contribution in [0.4, 0.5) is 0 Å². The molecule has 6 heteroatoms. The molecule has 0 N–H and O–H groups in total. The van der Waals surface area contributed by atoms with E-state index >= 15 is 0 Å². The zero-order valence-electron chi connectivity index (χ0n) is 18.2. The fraction of sp³-hybridized carbons (Fsp3) is 0.696. The molecule has 4 rings (SSSR count). The van der Waals surface area contributed by atoms with Crippen LogP contribution in [0, 0.1) is 17.8 Å². The Labute approximate surface area is 175 Å². The van der Waals surface area contributed by atoms with Crippen molar-refractivity contribution in [2.24, 2.45) is 10.8 Å². The van der Waals surface area contributed by atoms with Crippen molar-refractivity contribution in [3.05, 3.63) is 29.3 Å². The zero-order valence-corrected chi connectivity index (χ0v) is 19.0. The average Bonchev–Trinajstić information content (AvgIpc) is 2.90. The van der Waals surface area contributed by atoms with Crippen molar-refractivity contribution >= 4 is 15.9 Å². The van der Waals surface area contributed by atoms with E-state index in [1.54, 1.807) is 22.5 Å². The van der Waals surface area contributed by atoms with E-state index < -0.39 is 10.0 Å². The minimum absolute atomic E-state index is 0.0217. The number of benzene rings is 1. The molecule has 3 aliphatic rings. The molecule has 1 aliphatic carbocycles. The highest BCUT2D eigenvalue weighted by molar-refractivity contribution is 7.89. The quantitative estimate of drug-likeness (QED) is 0.739. The number of rotatable bonds is 3. The van der Waals surface area contributed by atoms with Crippen LogP contribution in [0.3, 0.4) is 0 Å². The Morgan fingerprint density at radius 3 is 2.45 bits per heavy atom. The summed E-state index contributed by atoms with van der Waals surface area (Å²) in [7, 11) is -3.56. The molecular formula is C23H34N2O3S. The number of hydrogen-bond acceptors (Lipinski definition) is 3. The van der Waals surface area contributed by atoms with Crippen molar-refractivity contribution in [3.8, 4) is 0 Å². The SMILES string of the molecule is Cc1ccc(C(=O)N2C[C@]3(C)C[C@H]2CC(C)(C)C3)cc1S(=O)(=O)N1CCCCC1. The topological polar surface area (TPSA) is 57.7 Å². The van der Waals surface area contributed by atoms with E-state index in [0.29, 0.717) is 29.1 Å². The second-order valence-electron chi connectivity index (χ2n) is 10.6. The fourth-order valence-corrected chi connectivity index (χ4v) is 7.89. The van der Waals surface area contributed by atoms with Crippen molar-refractivity contribution in [1.82, 2.24) is 9.21 Å². The van der Waals surface area contributed by atoms with Crippen molar-refractivity contribution < 1.29 is 13.2 Å². The van der Waals surface area contributed by atoms with Crippen LogP contribution in [0.15, 0.2) is 23.1 Å². The number of nitrogens with zero attached hydrogens (tertiary/aromatic N) is 2. The first-order chi connectivity index (χ1) is 13.5. The molecule has 29 heavy (non-hydrogen) atoms. The number of amides is 1. The molecule has 160 valence electrons. The Morgan fingerprint density at radius 2 is 1.76 bits per heavy atom. The van der Waals surface area contributed by atoms with Gasteiger partial charge in [0.05, 0.1) is 4.90 Å². The van der Waals surface area contributed by atoms with Gasteiger partial charge < -0.3 is 4.90 Å². The second-order valence-corrected chi connectivity index (χ2v) is 12.5. The Balaban J connectivity index is 1.63. The van der Waals surface area contributed by atoms with Crippen molar-refractivity contribution in [1.29, 1.82) is 0 Å². The summed E-state index contributed by atoms with van der Waals surface area (Å²) < 4.78 is 28.0. The molecule has 5 nitrogen and oxygen atoms in total. The predicted octanol–water partition coefficient (Wildman–Crippen LogP) is 4.21. The van der Waals surface area contributed by atoms with E-state index in [4.69, 9.17) is 0 Å². The lowest BCUT2D eigenvalue weighted by Crippen LogP contribution is -2.38. The summed E-state index contributed by atoms with van der Waals surface area (Å²) in [6.45, 7) is 10.6. The van der Waals surface area contributed by atoms with Gasteiger partial charge in [-0.3, -0.25) is 4.79 Å². The predicted molar refractivity (Wildman–Crippen MR) is 114 cm³/mol. The molecule has 0 unspecified atom stereocenters. The lowest BCUT2D eigenvalue weighted by Gasteiger charge is -2.39. The molecule has 1 saturated carbocycles. The average molecular weight is 419 g/mol. The van der Waals surface area contributed by atoms with Crippen LogP contribution >= 0.6 is 0 Å². The number of hydrogen-bond donors (Lipinski definition) is 0. The highest BCUT2D eigenvalue weighted by Gasteiger charge is 2.51. The van der Waals surface area contributed by atoms with E-state index in [1.807, 2.05) is 11.8 Å². The van der Waals surface area contributed by atoms with Crippen molar-refractivity contribution in [2.45, 2.75) is 77.2 Å². The molecule has 0 aromatic heterocycles. The van der Waals surface area contributed by atoms with Crippen LogP contribution in [0.25, 0.3) is 0 Å². The number of likely N-dealkylation sites (tertiary alicyclic amines) is 1. The minimum Gasteiger partial charge on any atom is -0.335 e. The van der Waals surface area contributed by atoms with Crippen LogP contribution < -0.4 is 0 Å². The first-order valence-electron chi connectivity index (χ1n) is 10.9. The molecule has 2 aliphatic heterocycles.